The highest BCUT2D eigenvalue weighted by Gasteiger charge is 2.26. The fourth-order valence-electron chi connectivity index (χ4n) is 2.05. The van der Waals surface area contributed by atoms with E-state index in [1.807, 2.05) is 59.0 Å². The lowest BCUT2D eigenvalue weighted by molar-refractivity contribution is 0.445. The van der Waals surface area contributed by atoms with Crippen LogP contribution in [0.25, 0.3) is 11.3 Å². The quantitative estimate of drug-likeness (QED) is 0.835. The van der Waals surface area contributed by atoms with E-state index in [2.05, 4.69) is 5.10 Å². The maximum Gasteiger partial charge on any atom is 0.165 e. The molecule has 96 valence electrons. The third kappa shape index (κ3) is 2.13. The Hall–Kier alpha value is -1.77. The van der Waals surface area contributed by atoms with Crippen molar-refractivity contribution in [3.63, 3.8) is 0 Å². The number of nitrogens with zero attached hydrogens (tertiary/aromatic N) is 2. The lowest BCUT2D eigenvalue weighted by Gasteiger charge is -2.15. The van der Waals surface area contributed by atoms with Crippen molar-refractivity contribution in [2.24, 2.45) is 7.05 Å². The monoisotopic (exact) mass is 244 g/mol. The van der Waals surface area contributed by atoms with Gasteiger partial charge >= 0.3 is 0 Å². The summed E-state index contributed by atoms with van der Waals surface area (Å²) in [7, 11) is 1.87. The van der Waals surface area contributed by atoms with E-state index in [9.17, 15) is 5.11 Å². The first-order valence-corrected chi connectivity index (χ1v) is 6.14. The highest BCUT2D eigenvalue weighted by molar-refractivity contribution is 5.68. The SMILES string of the molecule is Cc1ccc(-c2c(O)c(C(C)(C)C)nn2C)cc1. The summed E-state index contributed by atoms with van der Waals surface area (Å²) in [4.78, 5) is 0. The summed E-state index contributed by atoms with van der Waals surface area (Å²) in [6.07, 6.45) is 0. The molecule has 2 rings (SSSR count). The molecule has 0 saturated carbocycles. The Balaban J connectivity index is 2.59. The molecule has 0 amide bonds. The van der Waals surface area contributed by atoms with Crippen LogP contribution in [0.2, 0.25) is 0 Å². The molecular weight excluding hydrogens is 224 g/mol. The van der Waals surface area contributed by atoms with Crippen molar-refractivity contribution in [1.29, 1.82) is 0 Å². The van der Waals surface area contributed by atoms with Crippen LogP contribution in [0.5, 0.6) is 5.75 Å². The molecule has 0 atom stereocenters. The molecule has 0 unspecified atom stereocenters. The van der Waals surface area contributed by atoms with Gasteiger partial charge in [0.25, 0.3) is 0 Å². The average molecular weight is 244 g/mol. The lowest BCUT2D eigenvalue weighted by atomic mass is 9.91. The van der Waals surface area contributed by atoms with Crippen molar-refractivity contribution in [3.05, 3.63) is 35.5 Å². The Kier molecular flexibility index (Phi) is 2.93. The third-order valence-corrected chi connectivity index (χ3v) is 3.06. The highest BCUT2D eigenvalue weighted by atomic mass is 16.3. The Bertz CT molecular complexity index is 559. The van der Waals surface area contributed by atoms with Gasteiger partial charge in [-0.2, -0.15) is 5.10 Å². The number of hydrogen-bond acceptors (Lipinski definition) is 2. The minimum atomic E-state index is -0.162. The Morgan fingerprint density at radius 1 is 1.11 bits per heavy atom. The molecule has 0 radical (unpaired) electrons. The zero-order valence-corrected chi connectivity index (χ0v) is 11.7. The molecule has 0 bridgehead atoms. The largest absolute Gasteiger partial charge is 0.504 e. The van der Waals surface area contributed by atoms with E-state index in [1.54, 1.807) is 4.68 Å². The van der Waals surface area contributed by atoms with E-state index in [-0.39, 0.29) is 11.2 Å². The van der Waals surface area contributed by atoms with Gasteiger partial charge in [-0.15, -0.1) is 0 Å². The van der Waals surface area contributed by atoms with E-state index < -0.39 is 0 Å². The molecule has 0 aliphatic carbocycles. The topological polar surface area (TPSA) is 38.1 Å². The summed E-state index contributed by atoms with van der Waals surface area (Å²) in [5, 5.41) is 14.8. The normalized spacial score (nSPS) is 11.8. The number of benzene rings is 1. The van der Waals surface area contributed by atoms with E-state index in [4.69, 9.17) is 0 Å². The fourth-order valence-corrected chi connectivity index (χ4v) is 2.05. The number of aromatic hydroxyl groups is 1. The van der Waals surface area contributed by atoms with Crippen molar-refractivity contribution in [2.45, 2.75) is 33.1 Å². The number of aromatic nitrogens is 2. The summed E-state index contributed by atoms with van der Waals surface area (Å²) in [5.41, 5.74) is 3.55. The van der Waals surface area contributed by atoms with Crippen LogP contribution >= 0.6 is 0 Å². The van der Waals surface area contributed by atoms with Crippen molar-refractivity contribution in [3.8, 4) is 17.0 Å². The average Bonchev–Trinajstić information content (AvgIpc) is 2.56. The molecule has 3 heteroatoms. The molecule has 0 aliphatic rings. The molecule has 2 aromatic rings. The van der Waals surface area contributed by atoms with E-state index in [0.29, 0.717) is 0 Å². The second kappa shape index (κ2) is 4.16. The van der Waals surface area contributed by atoms with Gasteiger partial charge < -0.3 is 5.11 Å². The van der Waals surface area contributed by atoms with Gasteiger partial charge in [0.2, 0.25) is 0 Å². The van der Waals surface area contributed by atoms with Crippen LogP contribution in [-0.2, 0) is 12.5 Å². The van der Waals surface area contributed by atoms with Crippen LogP contribution in [-0.4, -0.2) is 14.9 Å². The van der Waals surface area contributed by atoms with Crippen LogP contribution in [0.4, 0.5) is 0 Å². The minimum Gasteiger partial charge on any atom is -0.504 e. The second-order valence-corrected chi connectivity index (χ2v) is 5.79. The second-order valence-electron chi connectivity index (χ2n) is 5.79. The molecule has 1 aromatic heterocycles. The van der Waals surface area contributed by atoms with Gasteiger partial charge in [0, 0.05) is 18.0 Å². The predicted octanol–water partition coefficient (Wildman–Crippen LogP) is 3.40. The van der Waals surface area contributed by atoms with Crippen molar-refractivity contribution in [1.82, 2.24) is 9.78 Å². The van der Waals surface area contributed by atoms with Gasteiger partial charge in [-0.3, -0.25) is 4.68 Å². The van der Waals surface area contributed by atoms with E-state index in [0.717, 1.165) is 17.0 Å². The molecule has 3 nitrogen and oxygen atoms in total. The van der Waals surface area contributed by atoms with Gasteiger partial charge in [0.1, 0.15) is 11.4 Å². The molecular formula is C15H20N2O. The Morgan fingerprint density at radius 3 is 2.11 bits per heavy atom. The van der Waals surface area contributed by atoms with E-state index in [1.165, 1.54) is 5.56 Å². The van der Waals surface area contributed by atoms with Crippen molar-refractivity contribution < 1.29 is 5.11 Å². The Labute approximate surface area is 108 Å². The highest BCUT2D eigenvalue weighted by Crippen LogP contribution is 2.37. The molecule has 18 heavy (non-hydrogen) atoms. The van der Waals surface area contributed by atoms with Crippen molar-refractivity contribution in [2.75, 3.05) is 0 Å². The smallest absolute Gasteiger partial charge is 0.165 e. The van der Waals surface area contributed by atoms with Gasteiger partial charge in [-0.1, -0.05) is 50.6 Å². The number of aryl methyl sites for hydroxylation is 2. The first kappa shape index (κ1) is 12.7. The summed E-state index contributed by atoms with van der Waals surface area (Å²) < 4.78 is 1.75. The first-order chi connectivity index (χ1) is 8.30. The van der Waals surface area contributed by atoms with Crippen molar-refractivity contribution >= 4 is 0 Å². The summed E-state index contributed by atoms with van der Waals surface area (Å²) in [6, 6.07) is 8.11. The molecule has 1 heterocycles. The van der Waals surface area contributed by atoms with E-state index >= 15 is 0 Å². The zero-order valence-electron chi connectivity index (χ0n) is 11.7. The van der Waals surface area contributed by atoms with Gasteiger partial charge in [0.15, 0.2) is 5.75 Å². The zero-order chi connectivity index (χ0) is 13.5. The summed E-state index contributed by atoms with van der Waals surface area (Å²) in [5.74, 6) is 0.286. The molecule has 0 spiro atoms. The summed E-state index contributed by atoms with van der Waals surface area (Å²) in [6.45, 7) is 8.20. The third-order valence-electron chi connectivity index (χ3n) is 3.06. The Morgan fingerprint density at radius 2 is 1.67 bits per heavy atom. The minimum absolute atomic E-state index is 0.162. The maximum absolute atomic E-state index is 10.4. The molecule has 0 aliphatic heterocycles. The van der Waals surface area contributed by atoms with Crippen LogP contribution in [0.1, 0.15) is 32.0 Å². The first-order valence-electron chi connectivity index (χ1n) is 6.14. The molecule has 0 fully saturated rings. The van der Waals surface area contributed by atoms with Crippen LogP contribution in [0, 0.1) is 6.92 Å². The summed E-state index contributed by atoms with van der Waals surface area (Å²) >= 11 is 0. The molecule has 1 aromatic carbocycles. The number of rotatable bonds is 1. The van der Waals surface area contributed by atoms with Crippen LogP contribution in [0.3, 0.4) is 0 Å². The van der Waals surface area contributed by atoms with Crippen LogP contribution < -0.4 is 0 Å². The molecule has 1 N–H and O–H groups in total. The maximum atomic E-state index is 10.4. The number of hydrogen-bond donors (Lipinski definition) is 1. The van der Waals surface area contributed by atoms with Gasteiger partial charge in [-0.05, 0) is 6.92 Å². The van der Waals surface area contributed by atoms with Gasteiger partial charge in [0.05, 0.1) is 0 Å². The lowest BCUT2D eigenvalue weighted by Crippen LogP contribution is -2.12. The molecule has 0 saturated heterocycles. The fraction of sp³-hybridized carbons (Fsp3) is 0.400. The predicted molar refractivity (Wildman–Crippen MR) is 73.7 cm³/mol. The van der Waals surface area contributed by atoms with Crippen LogP contribution in [0.15, 0.2) is 24.3 Å². The standard InChI is InChI=1S/C15H20N2O/c1-10-6-8-11(9-7-10)12-13(18)14(15(2,3)4)16-17(12)5/h6-9,18H,1-5H3. The van der Waals surface area contributed by atoms with Gasteiger partial charge in [-0.25, -0.2) is 0 Å².